The molecule has 3 aliphatic carbocycles. The highest BCUT2D eigenvalue weighted by atomic mass is 15.1. The van der Waals surface area contributed by atoms with Crippen LogP contribution in [0, 0.1) is 0 Å². The van der Waals surface area contributed by atoms with Crippen molar-refractivity contribution in [2.45, 2.75) is 59.3 Å². The number of rotatable bonds is 9. The molecule has 1 heterocycles. The first-order chi connectivity index (χ1) is 33.9. The Morgan fingerprint density at radius 2 is 1.23 bits per heavy atom. The van der Waals surface area contributed by atoms with Crippen LogP contribution in [0.1, 0.15) is 80.8 Å². The number of hydrogen-bond acceptors (Lipinski definition) is 1. The Labute approximate surface area is 408 Å². The average Bonchev–Trinajstić information content (AvgIpc) is 4.05. The second-order valence-corrected chi connectivity index (χ2v) is 18.9. The third-order valence-corrected chi connectivity index (χ3v) is 14.8. The van der Waals surface area contributed by atoms with Gasteiger partial charge in [0.05, 0.1) is 5.52 Å². The molecular formula is C67H58N2. The van der Waals surface area contributed by atoms with E-state index in [1.54, 1.807) is 5.57 Å². The minimum absolute atomic E-state index is 0.0750. The average molecular weight is 891 g/mol. The summed E-state index contributed by atoms with van der Waals surface area (Å²) in [6.07, 6.45) is 14.3. The van der Waals surface area contributed by atoms with Crippen molar-refractivity contribution < 1.29 is 0 Å². The zero-order valence-corrected chi connectivity index (χ0v) is 40.4. The molecule has 336 valence electrons. The number of allylic oxidation sites excluding steroid dienone is 9. The van der Waals surface area contributed by atoms with Crippen LogP contribution in [0.2, 0.25) is 0 Å². The summed E-state index contributed by atoms with van der Waals surface area (Å²) < 4.78 is 0. The van der Waals surface area contributed by atoms with Gasteiger partial charge in [0.15, 0.2) is 0 Å². The maximum atomic E-state index is 4.28. The van der Waals surface area contributed by atoms with Gasteiger partial charge in [-0.1, -0.05) is 192 Å². The van der Waals surface area contributed by atoms with Crippen molar-refractivity contribution in [3.63, 3.8) is 0 Å². The molecule has 2 heteroatoms. The second-order valence-electron chi connectivity index (χ2n) is 18.9. The maximum Gasteiger partial charge on any atom is 0.0544 e. The first-order valence-corrected chi connectivity index (χ1v) is 24.7. The van der Waals surface area contributed by atoms with Crippen molar-refractivity contribution in [3.05, 3.63) is 252 Å². The molecule has 0 bridgehead atoms. The summed E-state index contributed by atoms with van der Waals surface area (Å²) in [5, 5.41) is 2.46. The normalized spacial score (nSPS) is 14.5. The van der Waals surface area contributed by atoms with Gasteiger partial charge in [0.2, 0.25) is 0 Å². The molecule has 0 spiro atoms. The van der Waals surface area contributed by atoms with Crippen LogP contribution < -0.4 is 4.90 Å². The number of aromatic nitrogens is 1. The van der Waals surface area contributed by atoms with Crippen LogP contribution in [-0.4, -0.2) is 4.98 Å². The number of nitrogens with zero attached hydrogens (tertiary/aromatic N) is 1. The first-order valence-electron chi connectivity index (χ1n) is 24.7. The van der Waals surface area contributed by atoms with Crippen LogP contribution in [0.4, 0.5) is 17.1 Å². The van der Waals surface area contributed by atoms with Crippen LogP contribution >= 0.6 is 0 Å². The van der Waals surface area contributed by atoms with E-state index in [-0.39, 0.29) is 5.41 Å². The molecule has 3 aliphatic rings. The molecule has 8 aromatic carbocycles. The topological polar surface area (TPSA) is 19.0 Å². The van der Waals surface area contributed by atoms with Gasteiger partial charge in [0.1, 0.15) is 0 Å². The summed E-state index contributed by atoms with van der Waals surface area (Å²) in [5.41, 5.74) is 26.4. The molecule has 0 atom stereocenters. The smallest absolute Gasteiger partial charge is 0.0544 e. The van der Waals surface area contributed by atoms with Crippen molar-refractivity contribution in [1.29, 1.82) is 0 Å². The van der Waals surface area contributed by atoms with E-state index in [0.717, 1.165) is 58.5 Å². The van der Waals surface area contributed by atoms with E-state index in [1.165, 1.54) is 83.1 Å². The van der Waals surface area contributed by atoms with E-state index < -0.39 is 0 Å². The lowest BCUT2D eigenvalue weighted by Gasteiger charge is -2.27. The van der Waals surface area contributed by atoms with Gasteiger partial charge < -0.3 is 9.88 Å². The number of hydrogen-bond donors (Lipinski definition) is 1. The summed E-state index contributed by atoms with van der Waals surface area (Å²) in [4.78, 5) is 6.10. The highest BCUT2D eigenvalue weighted by Gasteiger charge is 2.37. The minimum atomic E-state index is 0.0750. The zero-order valence-electron chi connectivity index (χ0n) is 40.4. The van der Waals surface area contributed by atoms with Crippen molar-refractivity contribution in [1.82, 2.24) is 4.98 Å². The summed E-state index contributed by atoms with van der Waals surface area (Å²) in [6.45, 7) is 15.2. The van der Waals surface area contributed by atoms with Gasteiger partial charge in [-0.2, -0.15) is 0 Å². The van der Waals surface area contributed by atoms with Gasteiger partial charge >= 0.3 is 0 Å². The molecule has 1 aromatic heterocycles. The summed E-state index contributed by atoms with van der Waals surface area (Å²) in [6, 6.07) is 65.1. The maximum absolute atomic E-state index is 4.28. The standard InChI is InChI=1S/C65H52N2.C2H6/c1-5-42(37-43(6-2)56-19-14-20-59-58-18-11-13-22-63(58)66-64(56)59)47-27-34-54-49(38-47)39-50-40-53(33-35-55(50)54)67(51-29-23-45(24-30-51)44-15-8-7-9-16-44)52-31-25-46(26-32-52)48-28-36-62-60(41-48)57-17-10-12-21-61(57)65(62,3)4;1-2/h5-11,13-20,22-38,40-41,66H,2,12,21,39H2,1,3-4H3;1-2H3/b42-5+,43-37+;. The monoisotopic (exact) mass is 890 g/mol. The van der Waals surface area contributed by atoms with Crippen LogP contribution in [0.15, 0.2) is 218 Å². The lowest BCUT2D eigenvalue weighted by Crippen LogP contribution is -2.17. The largest absolute Gasteiger partial charge is 0.354 e. The van der Waals surface area contributed by atoms with Gasteiger partial charge in [-0.15, -0.1) is 0 Å². The number of H-pyrrole nitrogens is 1. The van der Waals surface area contributed by atoms with Crippen molar-refractivity contribution >= 4 is 55.6 Å². The molecule has 12 rings (SSSR count). The van der Waals surface area contributed by atoms with E-state index in [4.69, 9.17) is 0 Å². The summed E-state index contributed by atoms with van der Waals surface area (Å²) in [7, 11) is 0. The number of nitrogens with one attached hydrogen (secondary N) is 1. The second kappa shape index (κ2) is 17.9. The predicted octanol–water partition coefficient (Wildman–Crippen LogP) is 18.8. The van der Waals surface area contributed by atoms with Gasteiger partial charge in [-0.05, 0) is 159 Å². The van der Waals surface area contributed by atoms with E-state index in [2.05, 4.69) is 237 Å². The Balaban J connectivity index is 0.00000257. The molecule has 1 N–H and O–H groups in total. The summed E-state index contributed by atoms with van der Waals surface area (Å²) >= 11 is 0. The number of aromatic amines is 1. The van der Waals surface area contributed by atoms with Crippen LogP contribution in [0.5, 0.6) is 0 Å². The minimum Gasteiger partial charge on any atom is -0.354 e. The molecule has 2 nitrogen and oxygen atoms in total. The highest BCUT2D eigenvalue weighted by molar-refractivity contribution is 6.11. The number of anilines is 3. The Morgan fingerprint density at radius 3 is 1.97 bits per heavy atom. The van der Waals surface area contributed by atoms with Crippen molar-refractivity contribution in [2.75, 3.05) is 4.90 Å². The van der Waals surface area contributed by atoms with E-state index in [0.29, 0.717) is 0 Å². The van der Waals surface area contributed by atoms with Crippen LogP contribution in [-0.2, 0) is 11.8 Å². The Kier molecular flexibility index (Phi) is 11.3. The zero-order chi connectivity index (χ0) is 47.2. The van der Waals surface area contributed by atoms with Crippen molar-refractivity contribution in [3.8, 4) is 33.4 Å². The van der Waals surface area contributed by atoms with Crippen LogP contribution in [0.25, 0.3) is 71.9 Å². The first kappa shape index (κ1) is 43.6. The molecule has 0 saturated carbocycles. The molecular weight excluding hydrogens is 833 g/mol. The van der Waals surface area contributed by atoms with E-state index in [1.807, 2.05) is 19.9 Å². The molecule has 0 radical (unpaired) electrons. The van der Waals surface area contributed by atoms with Gasteiger partial charge in [-0.3, -0.25) is 0 Å². The number of para-hydroxylation sites is 2. The quantitative estimate of drug-likeness (QED) is 0.143. The third kappa shape index (κ3) is 7.61. The third-order valence-electron chi connectivity index (χ3n) is 14.8. The lowest BCUT2D eigenvalue weighted by atomic mass is 9.78. The fourth-order valence-corrected chi connectivity index (χ4v) is 11.3. The van der Waals surface area contributed by atoms with Crippen molar-refractivity contribution in [2.24, 2.45) is 0 Å². The van der Waals surface area contributed by atoms with Crippen LogP contribution in [0.3, 0.4) is 0 Å². The molecule has 0 amide bonds. The number of benzene rings is 8. The van der Waals surface area contributed by atoms with E-state index >= 15 is 0 Å². The SMILES string of the molecule is C=C/C(=C\C(=C/C)c1ccc2c(c1)Cc1cc(N(c3ccc(-c4ccccc4)cc3)c3ccc(-c4ccc5c(c4)C4=C(CCC=C4)C5(C)C)cc3)ccc1-2)c1cccc2c1[nH]c1ccccc12.CC. The Bertz CT molecular complexity index is 3570. The molecule has 0 aliphatic heterocycles. The molecule has 69 heavy (non-hydrogen) atoms. The molecule has 0 saturated heterocycles. The Morgan fingerprint density at radius 1 is 0.594 bits per heavy atom. The number of fused-ring (bicyclic) bond motifs is 8. The fourth-order valence-electron chi connectivity index (χ4n) is 11.3. The highest BCUT2D eigenvalue weighted by Crippen LogP contribution is 2.51. The van der Waals surface area contributed by atoms with E-state index in [9.17, 15) is 0 Å². The lowest BCUT2D eigenvalue weighted by molar-refractivity contribution is 0.607. The van der Waals surface area contributed by atoms with Gasteiger partial charge in [-0.25, -0.2) is 0 Å². The predicted molar refractivity (Wildman–Crippen MR) is 298 cm³/mol. The molecule has 0 unspecified atom stereocenters. The van der Waals surface area contributed by atoms with Gasteiger partial charge in [0, 0.05) is 44.3 Å². The molecule has 9 aromatic rings. The fraction of sp³-hybridized carbons (Fsp3) is 0.134. The Hall–Kier alpha value is -7.94. The van der Waals surface area contributed by atoms with Gasteiger partial charge in [0.25, 0.3) is 0 Å². The summed E-state index contributed by atoms with van der Waals surface area (Å²) in [5.74, 6) is 0. The molecule has 0 fully saturated rings.